The van der Waals surface area contributed by atoms with Gasteiger partial charge in [0.2, 0.25) is 5.82 Å². The monoisotopic (exact) mass is 418 g/mol. The Kier molecular flexibility index (Phi) is 6.67. The first kappa shape index (κ1) is 20.3. The van der Waals surface area contributed by atoms with Gasteiger partial charge in [-0.15, -0.1) is 12.4 Å². The minimum Gasteiger partial charge on any atom is -0.349 e. The second-order valence-electron chi connectivity index (χ2n) is 6.48. The number of hydrogen-bond acceptors (Lipinski definition) is 5. The molecule has 0 radical (unpaired) electrons. The Morgan fingerprint density at radius 2 is 1.93 bits per heavy atom. The number of nitrogens with zero attached hydrogens (tertiary/aromatic N) is 2. The number of carbonyl (C=O) groups is 1. The normalized spacial score (nSPS) is 14.3. The van der Waals surface area contributed by atoms with E-state index in [1.54, 1.807) is 18.2 Å². The van der Waals surface area contributed by atoms with Gasteiger partial charge in [-0.1, -0.05) is 41.0 Å². The molecule has 1 amide bonds. The van der Waals surface area contributed by atoms with Gasteiger partial charge in [-0.05, 0) is 50.2 Å². The molecule has 2 N–H and O–H groups in total. The van der Waals surface area contributed by atoms with Gasteiger partial charge in [0.05, 0.1) is 11.1 Å². The third-order valence-corrected chi connectivity index (χ3v) is 4.82. The van der Waals surface area contributed by atoms with Gasteiger partial charge in [-0.2, -0.15) is 4.98 Å². The average molecular weight is 419 g/mol. The van der Waals surface area contributed by atoms with Gasteiger partial charge in [0, 0.05) is 16.6 Å². The highest BCUT2D eigenvalue weighted by atomic mass is 35.5. The topological polar surface area (TPSA) is 80.0 Å². The van der Waals surface area contributed by atoms with Crippen molar-refractivity contribution >= 4 is 29.9 Å². The Morgan fingerprint density at radius 1 is 1.14 bits per heavy atom. The zero-order valence-electron chi connectivity index (χ0n) is 15.0. The van der Waals surface area contributed by atoms with Crippen molar-refractivity contribution in [2.45, 2.75) is 18.9 Å². The molecule has 0 bridgehead atoms. The van der Waals surface area contributed by atoms with Gasteiger partial charge < -0.3 is 15.2 Å². The van der Waals surface area contributed by atoms with E-state index in [0.717, 1.165) is 31.5 Å². The van der Waals surface area contributed by atoms with Crippen LogP contribution in [-0.4, -0.2) is 35.2 Å². The molecule has 3 aromatic rings. The molecule has 0 atom stereocenters. The second-order valence-corrected chi connectivity index (χ2v) is 6.91. The van der Waals surface area contributed by atoms with E-state index >= 15 is 0 Å². The predicted molar refractivity (Wildman–Crippen MR) is 111 cm³/mol. The lowest BCUT2D eigenvalue weighted by molar-refractivity contribution is 0.0930. The largest absolute Gasteiger partial charge is 0.349 e. The first-order valence-corrected chi connectivity index (χ1v) is 9.29. The minimum atomic E-state index is -0.125. The molecular formula is C20H20Cl2N4O2. The van der Waals surface area contributed by atoms with Gasteiger partial charge in [-0.25, -0.2) is 0 Å². The van der Waals surface area contributed by atoms with E-state index in [2.05, 4.69) is 20.8 Å². The van der Waals surface area contributed by atoms with Crippen molar-refractivity contribution in [1.29, 1.82) is 0 Å². The molecule has 2 heterocycles. The standard InChI is InChI=1S/C20H19ClN4O2.ClH/c21-14-5-3-4-13(12-14)18-24-20(27-25-18)17-7-2-1-6-16(17)19(26)23-15-8-10-22-11-9-15;/h1-7,12,15,22H,8-11H2,(H,23,26);1H. The molecule has 0 unspecified atom stereocenters. The fourth-order valence-electron chi connectivity index (χ4n) is 3.17. The van der Waals surface area contributed by atoms with Crippen LogP contribution in [0.25, 0.3) is 22.8 Å². The van der Waals surface area contributed by atoms with Crippen LogP contribution in [0, 0.1) is 0 Å². The van der Waals surface area contributed by atoms with Crippen LogP contribution in [0.2, 0.25) is 5.02 Å². The fraction of sp³-hybridized carbons (Fsp3) is 0.250. The highest BCUT2D eigenvalue weighted by Gasteiger charge is 2.21. The van der Waals surface area contributed by atoms with E-state index in [4.69, 9.17) is 16.1 Å². The molecule has 4 rings (SSSR count). The lowest BCUT2D eigenvalue weighted by atomic mass is 10.0. The van der Waals surface area contributed by atoms with E-state index in [-0.39, 0.29) is 24.4 Å². The summed E-state index contributed by atoms with van der Waals surface area (Å²) in [5.74, 6) is 0.613. The van der Waals surface area contributed by atoms with Crippen LogP contribution >= 0.6 is 24.0 Å². The number of nitrogens with one attached hydrogen (secondary N) is 2. The SMILES string of the molecule is Cl.O=C(NC1CCNCC1)c1ccccc1-c1nc(-c2cccc(Cl)c2)no1. The molecule has 146 valence electrons. The van der Waals surface area contributed by atoms with Crippen molar-refractivity contribution in [1.82, 2.24) is 20.8 Å². The van der Waals surface area contributed by atoms with Gasteiger partial charge in [-0.3, -0.25) is 4.79 Å². The Bertz CT molecular complexity index is 955. The molecular weight excluding hydrogens is 399 g/mol. The van der Waals surface area contributed by atoms with E-state index < -0.39 is 0 Å². The van der Waals surface area contributed by atoms with Crippen LogP contribution in [0.5, 0.6) is 0 Å². The number of rotatable bonds is 4. The predicted octanol–water partition coefficient (Wildman–Crippen LogP) is 3.96. The van der Waals surface area contributed by atoms with E-state index in [9.17, 15) is 4.79 Å². The van der Waals surface area contributed by atoms with E-state index in [1.165, 1.54) is 0 Å². The summed E-state index contributed by atoms with van der Waals surface area (Å²) in [6.45, 7) is 1.83. The average Bonchev–Trinajstić information content (AvgIpc) is 3.19. The van der Waals surface area contributed by atoms with E-state index in [0.29, 0.717) is 27.9 Å². The van der Waals surface area contributed by atoms with Crippen molar-refractivity contribution in [3.8, 4) is 22.8 Å². The summed E-state index contributed by atoms with van der Waals surface area (Å²) in [5.41, 5.74) is 1.90. The summed E-state index contributed by atoms with van der Waals surface area (Å²) in [6.07, 6.45) is 1.85. The van der Waals surface area contributed by atoms with E-state index in [1.807, 2.05) is 30.3 Å². The maximum atomic E-state index is 12.8. The molecule has 1 aliphatic heterocycles. The van der Waals surface area contributed by atoms with Crippen molar-refractivity contribution in [3.05, 3.63) is 59.1 Å². The minimum absolute atomic E-state index is 0. The highest BCUT2D eigenvalue weighted by molar-refractivity contribution is 6.30. The number of amides is 1. The van der Waals surface area contributed by atoms with Gasteiger partial charge in [0.15, 0.2) is 0 Å². The molecule has 28 heavy (non-hydrogen) atoms. The fourth-order valence-corrected chi connectivity index (χ4v) is 3.37. The molecule has 6 nitrogen and oxygen atoms in total. The summed E-state index contributed by atoms with van der Waals surface area (Å²) in [7, 11) is 0. The van der Waals surface area contributed by atoms with Crippen molar-refractivity contribution < 1.29 is 9.32 Å². The molecule has 1 fully saturated rings. The zero-order valence-corrected chi connectivity index (χ0v) is 16.6. The van der Waals surface area contributed by atoms with Crippen LogP contribution in [0.1, 0.15) is 23.2 Å². The number of halogens is 2. The van der Waals surface area contributed by atoms with Crippen LogP contribution in [-0.2, 0) is 0 Å². The van der Waals surface area contributed by atoms with Crippen LogP contribution in [0.3, 0.4) is 0 Å². The Labute approximate surface area is 174 Å². The lowest BCUT2D eigenvalue weighted by Crippen LogP contribution is -2.42. The summed E-state index contributed by atoms with van der Waals surface area (Å²) >= 11 is 6.03. The van der Waals surface area contributed by atoms with Crippen LogP contribution < -0.4 is 10.6 Å². The maximum absolute atomic E-state index is 12.8. The number of benzene rings is 2. The Hall–Kier alpha value is -2.41. The summed E-state index contributed by atoms with van der Waals surface area (Å²) in [5, 5.41) is 11.0. The third kappa shape index (κ3) is 4.52. The molecule has 1 aromatic heterocycles. The molecule has 8 heteroatoms. The molecule has 1 aliphatic rings. The molecule has 0 spiro atoms. The first-order chi connectivity index (χ1) is 13.2. The quantitative estimate of drug-likeness (QED) is 0.669. The third-order valence-electron chi connectivity index (χ3n) is 4.59. The lowest BCUT2D eigenvalue weighted by Gasteiger charge is -2.23. The van der Waals surface area contributed by atoms with Gasteiger partial charge in [0.25, 0.3) is 11.8 Å². The van der Waals surface area contributed by atoms with Crippen molar-refractivity contribution in [3.63, 3.8) is 0 Å². The maximum Gasteiger partial charge on any atom is 0.259 e. The Balaban J connectivity index is 0.00000225. The zero-order chi connectivity index (χ0) is 18.6. The summed E-state index contributed by atoms with van der Waals surface area (Å²) in [4.78, 5) is 17.2. The number of carbonyl (C=O) groups excluding carboxylic acids is 1. The number of piperidine rings is 1. The molecule has 0 saturated carbocycles. The van der Waals surface area contributed by atoms with Crippen LogP contribution in [0.4, 0.5) is 0 Å². The van der Waals surface area contributed by atoms with Crippen LogP contribution in [0.15, 0.2) is 53.1 Å². The highest BCUT2D eigenvalue weighted by Crippen LogP contribution is 2.26. The van der Waals surface area contributed by atoms with Gasteiger partial charge >= 0.3 is 0 Å². The van der Waals surface area contributed by atoms with Gasteiger partial charge in [0.1, 0.15) is 0 Å². The molecule has 2 aromatic carbocycles. The molecule has 1 saturated heterocycles. The summed E-state index contributed by atoms with van der Waals surface area (Å²) in [6, 6.07) is 14.7. The van der Waals surface area contributed by atoms with Crippen molar-refractivity contribution in [2.75, 3.05) is 13.1 Å². The summed E-state index contributed by atoms with van der Waals surface area (Å²) < 4.78 is 5.43. The number of hydrogen-bond donors (Lipinski definition) is 2. The smallest absolute Gasteiger partial charge is 0.259 e. The van der Waals surface area contributed by atoms with Crippen molar-refractivity contribution in [2.24, 2.45) is 0 Å². The number of aromatic nitrogens is 2. The second kappa shape index (κ2) is 9.19. The Morgan fingerprint density at radius 3 is 2.71 bits per heavy atom. The molecule has 0 aliphatic carbocycles. The first-order valence-electron chi connectivity index (χ1n) is 8.91.